The molecular weight excluding hydrogens is 229 g/mol. The molecule has 82 valence electrons. The lowest BCUT2D eigenvalue weighted by molar-refractivity contribution is -0.124. The van der Waals surface area contributed by atoms with Crippen LogP contribution >= 0.6 is 11.6 Å². The molecule has 0 saturated heterocycles. The molecule has 1 aromatic rings. The van der Waals surface area contributed by atoms with Crippen LogP contribution in [0.25, 0.3) is 6.08 Å². The number of alkyl halides is 3. The second-order valence-electron chi connectivity index (χ2n) is 2.76. The van der Waals surface area contributed by atoms with Crippen molar-refractivity contribution in [2.45, 2.75) is 6.18 Å². The summed E-state index contributed by atoms with van der Waals surface area (Å²) in [4.78, 5) is 0. The highest BCUT2D eigenvalue weighted by Gasteiger charge is 2.35. The zero-order valence-corrected chi connectivity index (χ0v) is 8.56. The molecule has 0 spiro atoms. The summed E-state index contributed by atoms with van der Waals surface area (Å²) in [6, 6.07) is 5.98. The third-order valence-corrected chi connectivity index (χ3v) is 1.92. The lowest BCUT2D eigenvalue weighted by Crippen LogP contribution is -2.13. The molecule has 0 N–H and O–H groups in total. The van der Waals surface area contributed by atoms with E-state index in [0.29, 0.717) is 10.6 Å². The van der Waals surface area contributed by atoms with E-state index in [2.05, 4.69) is 4.74 Å². The molecule has 0 radical (unpaired) electrons. The molecule has 1 aromatic carbocycles. The minimum atomic E-state index is -4.48. The van der Waals surface area contributed by atoms with Gasteiger partial charge in [-0.05, 0) is 23.8 Å². The van der Waals surface area contributed by atoms with E-state index in [1.54, 1.807) is 0 Å². The van der Waals surface area contributed by atoms with E-state index >= 15 is 0 Å². The molecule has 0 aliphatic carbocycles. The molecule has 0 saturated carbocycles. The molecule has 0 amide bonds. The Morgan fingerprint density at radius 3 is 2.20 bits per heavy atom. The van der Waals surface area contributed by atoms with E-state index in [0.717, 1.165) is 13.2 Å². The molecule has 5 heteroatoms. The first-order valence-corrected chi connectivity index (χ1v) is 4.39. The van der Waals surface area contributed by atoms with Crippen LogP contribution in [0.15, 0.2) is 30.0 Å². The first-order valence-electron chi connectivity index (χ1n) is 4.02. The molecule has 0 unspecified atom stereocenters. The van der Waals surface area contributed by atoms with Gasteiger partial charge < -0.3 is 4.74 Å². The second kappa shape index (κ2) is 4.57. The normalized spacial score (nSPS) is 12.7. The van der Waals surface area contributed by atoms with Gasteiger partial charge in [0.15, 0.2) is 0 Å². The Kier molecular flexibility index (Phi) is 3.63. The SMILES string of the molecule is CO/C(=C/c1ccc(Cl)cc1)C(F)(F)F. The van der Waals surface area contributed by atoms with Gasteiger partial charge >= 0.3 is 6.18 Å². The van der Waals surface area contributed by atoms with Crippen molar-refractivity contribution in [2.75, 3.05) is 7.11 Å². The zero-order valence-electron chi connectivity index (χ0n) is 7.81. The average molecular weight is 237 g/mol. The highest BCUT2D eigenvalue weighted by atomic mass is 35.5. The number of hydrogen-bond acceptors (Lipinski definition) is 1. The first-order chi connectivity index (χ1) is 6.93. The third kappa shape index (κ3) is 3.47. The molecule has 0 heterocycles. The van der Waals surface area contributed by atoms with Crippen LogP contribution in [0.3, 0.4) is 0 Å². The Labute approximate surface area is 90.1 Å². The number of ether oxygens (including phenoxy) is 1. The Morgan fingerprint density at radius 2 is 1.80 bits per heavy atom. The molecule has 0 aliphatic heterocycles. The van der Waals surface area contributed by atoms with Gasteiger partial charge in [-0.2, -0.15) is 13.2 Å². The van der Waals surface area contributed by atoms with Crippen LogP contribution in [0.2, 0.25) is 5.02 Å². The minimum Gasteiger partial charge on any atom is -0.492 e. The lowest BCUT2D eigenvalue weighted by Gasteiger charge is -2.09. The van der Waals surface area contributed by atoms with Gasteiger partial charge in [-0.3, -0.25) is 0 Å². The topological polar surface area (TPSA) is 9.23 Å². The summed E-state index contributed by atoms with van der Waals surface area (Å²) in [7, 11) is 0.981. The highest BCUT2D eigenvalue weighted by molar-refractivity contribution is 6.30. The molecule has 0 aliphatic rings. The van der Waals surface area contributed by atoms with Gasteiger partial charge in [0.05, 0.1) is 7.11 Å². The van der Waals surface area contributed by atoms with Crippen molar-refractivity contribution < 1.29 is 17.9 Å². The van der Waals surface area contributed by atoms with E-state index < -0.39 is 11.9 Å². The summed E-state index contributed by atoms with van der Waals surface area (Å²) >= 11 is 5.60. The lowest BCUT2D eigenvalue weighted by atomic mass is 10.2. The highest BCUT2D eigenvalue weighted by Crippen LogP contribution is 2.27. The summed E-state index contributed by atoms with van der Waals surface area (Å²) < 4.78 is 41.0. The van der Waals surface area contributed by atoms with E-state index in [1.807, 2.05) is 0 Å². The van der Waals surface area contributed by atoms with Gasteiger partial charge in [-0.25, -0.2) is 0 Å². The number of allylic oxidation sites excluding steroid dienone is 1. The van der Waals surface area contributed by atoms with Crippen molar-refractivity contribution in [3.63, 3.8) is 0 Å². The molecule has 0 aromatic heterocycles. The molecular formula is C10H8ClF3O. The van der Waals surface area contributed by atoms with Crippen LogP contribution < -0.4 is 0 Å². The summed E-state index contributed by atoms with van der Waals surface area (Å²) in [6.45, 7) is 0. The van der Waals surface area contributed by atoms with Gasteiger partial charge in [0.1, 0.15) is 0 Å². The van der Waals surface area contributed by atoms with Crippen LogP contribution in [-0.4, -0.2) is 13.3 Å². The molecule has 0 atom stereocenters. The van der Waals surface area contributed by atoms with Crippen LogP contribution in [0.5, 0.6) is 0 Å². The van der Waals surface area contributed by atoms with E-state index in [9.17, 15) is 13.2 Å². The summed E-state index contributed by atoms with van der Waals surface area (Å²) in [5.41, 5.74) is 0.383. The van der Waals surface area contributed by atoms with E-state index in [1.165, 1.54) is 24.3 Å². The van der Waals surface area contributed by atoms with Gasteiger partial charge in [-0.15, -0.1) is 0 Å². The second-order valence-corrected chi connectivity index (χ2v) is 3.20. The van der Waals surface area contributed by atoms with Crippen LogP contribution in [0, 0.1) is 0 Å². The Bertz CT molecular complexity index is 354. The smallest absolute Gasteiger partial charge is 0.448 e. The van der Waals surface area contributed by atoms with Crippen molar-refractivity contribution in [1.82, 2.24) is 0 Å². The Morgan fingerprint density at radius 1 is 1.27 bits per heavy atom. The summed E-state index contributed by atoms with van der Waals surface area (Å²) in [5, 5.41) is 0.470. The number of halogens is 4. The van der Waals surface area contributed by atoms with E-state index in [4.69, 9.17) is 11.6 Å². The summed E-state index contributed by atoms with van der Waals surface area (Å²) in [5.74, 6) is -1.04. The molecule has 15 heavy (non-hydrogen) atoms. The fourth-order valence-electron chi connectivity index (χ4n) is 0.967. The number of rotatable bonds is 2. The van der Waals surface area contributed by atoms with Crippen LogP contribution in [0.1, 0.15) is 5.56 Å². The number of methoxy groups -OCH3 is 1. The maximum atomic E-state index is 12.3. The maximum Gasteiger partial charge on any atom is 0.448 e. The molecule has 0 bridgehead atoms. The number of benzene rings is 1. The Hall–Kier alpha value is -1.16. The average Bonchev–Trinajstić information content (AvgIpc) is 2.15. The standard InChI is InChI=1S/C10H8ClF3O/c1-15-9(10(12,13)14)6-7-2-4-8(11)5-3-7/h2-6H,1H3/b9-6+. The molecule has 1 rings (SSSR count). The van der Waals surface area contributed by atoms with Crippen molar-refractivity contribution in [1.29, 1.82) is 0 Å². The third-order valence-electron chi connectivity index (χ3n) is 1.67. The van der Waals surface area contributed by atoms with Gasteiger partial charge in [0, 0.05) is 5.02 Å². The van der Waals surface area contributed by atoms with E-state index in [-0.39, 0.29) is 0 Å². The Balaban J connectivity index is 2.99. The van der Waals surface area contributed by atoms with Gasteiger partial charge in [0.2, 0.25) is 5.76 Å². The van der Waals surface area contributed by atoms with Gasteiger partial charge in [0.25, 0.3) is 0 Å². The fraction of sp³-hybridized carbons (Fsp3) is 0.200. The van der Waals surface area contributed by atoms with Crippen molar-refractivity contribution in [3.8, 4) is 0 Å². The molecule has 1 nitrogen and oxygen atoms in total. The van der Waals surface area contributed by atoms with Crippen LogP contribution in [-0.2, 0) is 4.74 Å². The van der Waals surface area contributed by atoms with Crippen molar-refractivity contribution >= 4 is 17.7 Å². The van der Waals surface area contributed by atoms with Crippen LogP contribution in [0.4, 0.5) is 13.2 Å². The first kappa shape index (κ1) is 11.9. The summed E-state index contributed by atoms with van der Waals surface area (Å²) in [6.07, 6.45) is -3.56. The maximum absolute atomic E-state index is 12.3. The molecule has 0 fully saturated rings. The number of hydrogen-bond donors (Lipinski definition) is 0. The van der Waals surface area contributed by atoms with Gasteiger partial charge in [-0.1, -0.05) is 23.7 Å². The predicted molar refractivity (Wildman–Crippen MR) is 52.5 cm³/mol. The monoisotopic (exact) mass is 236 g/mol. The minimum absolute atomic E-state index is 0.383. The largest absolute Gasteiger partial charge is 0.492 e. The quantitative estimate of drug-likeness (QED) is 0.708. The fourth-order valence-corrected chi connectivity index (χ4v) is 1.09. The van der Waals surface area contributed by atoms with Crippen molar-refractivity contribution in [3.05, 3.63) is 40.6 Å². The van der Waals surface area contributed by atoms with Crippen molar-refractivity contribution in [2.24, 2.45) is 0 Å². The zero-order chi connectivity index (χ0) is 11.5. The predicted octanol–water partition coefficient (Wildman–Crippen LogP) is 3.89.